The predicted octanol–water partition coefficient (Wildman–Crippen LogP) is 2.79. The van der Waals surface area contributed by atoms with E-state index in [1.54, 1.807) is 25.3 Å². The molecule has 0 saturated carbocycles. The Balaban J connectivity index is 1.63. The van der Waals surface area contributed by atoms with Crippen molar-refractivity contribution < 1.29 is 13.9 Å². The number of carbonyl (C=O) groups excluding carboxylic acids is 1. The number of halogens is 1. The molecular weight excluding hydrogens is 307 g/mol. The van der Waals surface area contributed by atoms with E-state index in [4.69, 9.17) is 4.74 Å². The van der Waals surface area contributed by atoms with Crippen molar-refractivity contribution in [3.63, 3.8) is 0 Å². The Hall–Kier alpha value is -1.46. The molecule has 1 aromatic rings. The van der Waals surface area contributed by atoms with Crippen molar-refractivity contribution >= 4 is 5.91 Å². The Labute approximate surface area is 143 Å². The van der Waals surface area contributed by atoms with Crippen LogP contribution in [0.15, 0.2) is 24.3 Å². The molecule has 2 fully saturated rings. The summed E-state index contributed by atoms with van der Waals surface area (Å²) in [6.45, 7) is 5.37. The molecule has 2 aliphatic heterocycles. The maximum atomic E-state index is 13.9. The monoisotopic (exact) mass is 334 g/mol. The summed E-state index contributed by atoms with van der Waals surface area (Å²) in [5, 5.41) is 0. The SMILES string of the molecule is COCCN1CCC2(CCCN(C(=O)c3ccccc3F)C2)CC1. The molecule has 2 aliphatic rings. The van der Waals surface area contributed by atoms with E-state index in [2.05, 4.69) is 4.90 Å². The highest BCUT2D eigenvalue weighted by molar-refractivity contribution is 5.94. The van der Waals surface area contributed by atoms with E-state index in [9.17, 15) is 9.18 Å². The van der Waals surface area contributed by atoms with Gasteiger partial charge in [-0.2, -0.15) is 0 Å². The lowest BCUT2D eigenvalue weighted by molar-refractivity contribution is 0.0163. The fraction of sp³-hybridized carbons (Fsp3) is 0.632. The minimum Gasteiger partial charge on any atom is -0.383 e. The van der Waals surface area contributed by atoms with E-state index in [-0.39, 0.29) is 16.9 Å². The van der Waals surface area contributed by atoms with Crippen molar-refractivity contribution in [2.75, 3.05) is 46.4 Å². The standard InChI is InChI=1S/C19H27FN2O2/c1-24-14-13-21-11-8-19(9-12-21)7-4-10-22(15-19)18(23)16-5-2-3-6-17(16)20/h2-3,5-6H,4,7-15H2,1H3. The second-order valence-electron chi connectivity index (χ2n) is 7.14. The van der Waals surface area contributed by atoms with Crippen molar-refractivity contribution in [1.82, 2.24) is 9.80 Å². The molecule has 1 aromatic carbocycles. The van der Waals surface area contributed by atoms with Crippen molar-refractivity contribution in [1.29, 1.82) is 0 Å². The first-order valence-electron chi connectivity index (χ1n) is 8.89. The van der Waals surface area contributed by atoms with E-state index >= 15 is 0 Å². The highest BCUT2D eigenvalue weighted by Gasteiger charge is 2.39. The Kier molecular flexibility index (Phi) is 5.51. The predicted molar refractivity (Wildman–Crippen MR) is 91.5 cm³/mol. The molecule has 0 bridgehead atoms. The van der Waals surface area contributed by atoms with Gasteiger partial charge in [-0.05, 0) is 56.3 Å². The Morgan fingerprint density at radius 3 is 2.67 bits per heavy atom. The van der Waals surface area contributed by atoms with Crippen LogP contribution in [0.4, 0.5) is 4.39 Å². The van der Waals surface area contributed by atoms with E-state index in [0.29, 0.717) is 0 Å². The van der Waals surface area contributed by atoms with E-state index in [1.165, 1.54) is 12.5 Å². The van der Waals surface area contributed by atoms with Crippen LogP contribution in [0.1, 0.15) is 36.0 Å². The Bertz CT molecular complexity index is 570. The van der Waals surface area contributed by atoms with Gasteiger partial charge in [-0.3, -0.25) is 4.79 Å². The number of hydrogen-bond donors (Lipinski definition) is 0. The van der Waals surface area contributed by atoms with Gasteiger partial charge in [0.2, 0.25) is 0 Å². The van der Waals surface area contributed by atoms with Crippen LogP contribution in [0, 0.1) is 11.2 Å². The molecule has 0 N–H and O–H groups in total. The highest BCUT2D eigenvalue weighted by atomic mass is 19.1. The first kappa shape index (κ1) is 17.4. The van der Waals surface area contributed by atoms with Crippen molar-refractivity contribution in [2.24, 2.45) is 5.41 Å². The molecule has 2 heterocycles. The molecule has 0 unspecified atom stereocenters. The van der Waals surface area contributed by atoms with Gasteiger partial charge in [0.25, 0.3) is 5.91 Å². The third-order valence-electron chi connectivity index (χ3n) is 5.58. The number of methoxy groups -OCH3 is 1. The second-order valence-corrected chi connectivity index (χ2v) is 7.14. The van der Waals surface area contributed by atoms with Gasteiger partial charge < -0.3 is 14.5 Å². The lowest BCUT2D eigenvalue weighted by Gasteiger charge is -2.47. The van der Waals surface area contributed by atoms with Crippen molar-refractivity contribution in [3.8, 4) is 0 Å². The largest absolute Gasteiger partial charge is 0.383 e. The van der Waals surface area contributed by atoms with Gasteiger partial charge >= 0.3 is 0 Å². The maximum absolute atomic E-state index is 13.9. The number of amides is 1. The molecule has 4 nitrogen and oxygen atoms in total. The summed E-state index contributed by atoms with van der Waals surface area (Å²) in [6.07, 6.45) is 4.40. The highest BCUT2D eigenvalue weighted by Crippen LogP contribution is 2.40. The molecule has 132 valence electrons. The van der Waals surface area contributed by atoms with Crippen LogP contribution in [0.5, 0.6) is 0 Å². The van der Waals surface area contributed by atoms with Crippen LogP contribution in [0.3, 0.4) is 0 Å². The van der Waals surface area contributed by atoms with E-state index < -0.39 is 5.82 Å². The number of benzene rings is 1. The van der Waals surface area contributed by atoms with Crippen LogP contribution in [0.2, 0.25) is 0 Å². The Morgan fingerprint density at radius 2 is 1.96 bits per heavy atom. The number of ether oxygens (including phenoxy) is 1. The van der Waals surface area contributed by atoms with Gasteiger partial charge in [-0.15, -0.1) is 0 Å². The second kappa shape index (κ2) is 7.62. The fourth-order valence-corrected chi connectivity index (χ4v) is 4.07. The molecule has 0 aliphatic carbocycles. The first-order valence-corrected chi connectivity index (χ1v) is 8.89. The summed E-state index contributed by atoms with van der Waals surface area (Å²) in [7, 11) is 1.73. The van der Waals surface area contributed by atoms with Crippen LogP contribution in [-0.4, -0.2) is 62.1 Å². The van der Waals surface area contributed by atoms with E-state index in [1.807, 2.05) is 4.90 Å². The summed E-state index contributed by atoms with van der Waals surface area (Å²) >= 11 is 0. The summed E-state index contributed by atoms with van der Waals surface area (Å²) < 4.78 is 19.1. The lowest BCUT2D eigenvalue weighted by atomic mass is 9.72. The van der Waals surface area contributed by atoms with Gasteiger partial charge in [0.15, 0.2) is 0 Å². The molecular formula is C19H27FN2O2. The van der Waals surface area contributed by atoms with Gasteiger partial charge in [0, 0.05) is 26.7 Å². The molecule has 0 aromatic heterocycles. The minimum absolute atomic E-state index is 0.158. The van der Waals surface area contributed by atoms with Gasteiger partial charge in [0.05, 0.1) is 12.2 Å². The zero-order chi connectivity index (χ0) is 17.0. The number of piperidine rings is 2. The molecule has 3 rings (SSSR count). The lowest BCUT2D eigenvalue weighted by Crippen LogP contribution is -2.51. The third kappa shape index (κ3) is 3.78. The molecule has 2 saturated heterocycles. The molecule has 0 atom stereocenters. The van der Waals surface area contributed by atoms with Crippen molar-refractivity contribution in [2.45, 2.75) is 25.7 Å². The summed E-state index contributed by atoms with van der Waals surface area (Å²) in [5.41, 5.74) is 0.412. The number of likely N-dealkylation sites (tertiary alicyclic amines) is 2. The summed E-state index contributed by atoms with van der Waals surface area (Å²) in [5.74, 6) is -0.578. The van der Waals surface area contributed by atoms with Crippen LogP contribution in [0.25, 0.3) is 0 Å². The van der Waals surface area contributed by atoms with Gasteiger partial charge in [0.1, 0.15) is 5.82 Å². The smallest absolute Gasteiger partial charge is 0.256 e. The minimum atomic E-state index is -0.420. The number of rotatable bonds is 4. The molecule has 1 spiro atoms. The molecule has 5 heteroatoms. The van der Waals surface area contributed by atoms with Gasteiger partial charge in [-0.1, -0.05) is 12.1 Å². The number of nitrogens with zero attached hydrogens (tertiary/aromatic N) is 2. The van der Waals surface area contributed by atoms with Crippen LogP contribution >= 0.6 is 0 Å². The topological polar surface area (TPSA) is 32.8 Å². The fourth-order valence-electron chi connectivity index (χ4n) is 4.07. The number of carbonyl (C=O) groups is 1. The first-order chi connectivity index (χ1) is 11.6. The van der Waals surface area contributed by atoms with Crippen LogP contribution < -0.4 is 0 Å². The molecule has 1 amide bonds. The average molecular weight is 334 g/mol. The molecule has 0 radical (unpaired) electrons. The average Bonchev–Trinajstić information content (AvgIpc) is 2.61. The zero-order valence-electron chi connectivity index (χ0n) is 14.5. The quantitative estimate of drug-likeness (QED) is 0.849. The summed E-state index contributed by atoms with van der Waals surface area (Å²) in [6, 6.07) is 6.30. The maximum Gasteiger partial charge on any atom is 0.256 e. The number of hydrogen-bond acceptors (Lipinski definition) is 3. The van der Waals surface area contributed by atoms with Crippen LogP contribution in [-0.2, 0) is 4.74 Å². The van der Waals surface area contributed by atoms with E-state index in [0.717, 1.165) is 58.6 Å². The Morgan fingerprint density at radius 1 is 1.21 bits per heavy atom. The third-order valence-corrected chi connectivity index (χ3v) is 5.58. The molecule has 24 heavy (non-hydrogen) atoms. The normalized spacial score (nSPS) is 21.2. The van der Waals surface area contributed by atoms with Crippen molar-refractivity contribution in [3.05, 3.63) is 35.6 Å². The zero-order valence-corrected chi connectivity index (χ0v) is 14.5. The summed E-state index contributed by atoms with van der Waals surface area (Å²) in [4.78, 5) is 17.0. The van der Waals surface area contributed by atoms with Gasteiger partial charge in [-0.25, -0.2) is 4.39 Å².